The van der Waals surface area contributed by atoms with E-state index in [1.807, 2.05) is 0 Å². The van der Waals surface area contributed by atoms with Gasteiger partial charge in [0.1, 0.15) is 11.6 Å². The molecule has 0 radical (unpaired) electrons. The van der Waals surface area contributed by atoms with E-state index in [1.54, 1.807) is 13.8 Å². The van der Waals surface area contributed by atoms with Gasteiger partial charge in [-0.3, -0.25) is 0 Å². The van der Waals surface area contributed by atoms with Gasteiger partial charge in [0.15, 0.2) is 0 Å². The molecule has 0 aromatic heterocycles. The van der Waals surface area contributed by atoms with Crippen LogP contribution in [-0.2, 0) is 0 Å². The van der Waals surface area contributed by atoms with E-state index in [0.29, 0.717) is 16.9 Å². The lowest BCUT2D eigenvalue weighted by Gasteiger charge is -2.17. The predicted molar refractivity (Wildman–Crippen MR) is 56.4 cm³/mol. The fourth-order valence-corrected chi connectivity index (χ4v) is 1.65. The number of nitrogens with two attached hydrogens (primary N) is 1. The summed E-state index contributed by atoms with van der Waals surface area (Å²) in [6.45, 7) is 3.48. The maximum Gasteiger partial charge on any atom is 0.130 e. The van der Waals surface area contributed by atoms with Crippen molar-refractivity contribution in [1.29, 1.82) is 0 Å². The number of rotatable bonds is 3. The molecule has 84 valence electrons. The number of hydrogen-bond acceptors (Lipinski definition) is 3. The minimum Gasteiger partial charge on any atom is -0.496 e. The van der Waals surface area contributed by atoms with Gasteiger partial charge < -0.3 is 15.6 Å². The van der Waals surface area contributed by atoms with E-state index >= 15 is 0 Å². The molecule has 1 unspecified atom stereocenters. The van der Waals surface area contributed by atoms with Crippen LogP contribution >= 0.6 is 0 Å². The number of aliphatic hydroxyl groups excluding tert-OH is 1. The molecule has 1 atom stereocenters. The largest absolute Gasteiger partial charge is 0.496 e. The first kappa shape index (κ1) is 11.9. The Balaban J connectivity index is 3.36. The molecule has 0 saturated heterocycles. The summed E-state index contributed by atoms with van der Waals surface area (Å²) < 4.78 is 18.6. The van der Waals surface area contributed by atoms with E-state index in [1.165, 1.54) is 13.2 Å². The number of aliphatic hydroxyl groups is 1. The molecule has 3 N–H and O–H groups in total. The zero-order valence-corrected chi connectivity index (χ0v) is 9.17. The van der Waals surface area contributed by atoms with Gasteiger partial charge in [-0.05, 0) is 31.0 Å². The zero-order chi connectivity index (χ0) is 11.6. The SMILES string of the molecule is COc1c(C)c(F)cc(C(O)CN)c1C. The van der Waals surface area contributed by atoms with Gasteiger partial charge in [-0.25, -0.2) is 4.39 Å². The summed E-state index contributed by atoms with van der Waals surface area (Å²) in [7, 11) is 1.48. The molecule has 1 aromatic carbocycles. The van der Waals surface area contributed by atoms with Crippen molar-refractivity contribution < 1.29 is 14.2 Å². The van der Waals surface area contributed by atoms with Crippen LogP contribution in [0.25, 0.3) is 0 Å². The summed E-state index contributed by atoms with van der Waals surface area (Å²) >= 11 is 0. The molecular weight excluding hydrogens is 197 g/mol. The van der Waals surface area contributed by atoms with Crippen LogP contribution in [-0.4, -0.2) is 18.8 Å². The van der Waals surface area contributed by atoms with Crippen LogP contribution in [0.15, 0.2) is 6.07 Å². The molecule has 1 rings (SSSR count). The molecule has 0 bridgehead atoms. The molecule has 4 heteroatoms. The summed E-state index contributed by atoms with van der Waals surface area (Å²) in [5, 5.41) is 9.60. The van der Waals surface area contributed by atoms with Crippen LogP contribution in [0.5, 0.6) is 5.75 Å². The Morgan fingerprint density at radius 1 is 1.47 bits per heavy atom. The zero-order valence-electron chi connectivity index (χ0n) is 9.17. The van der Waals surface area contributed by atoms with Crippen molar-refractivity contribution in [3.8, 4) is 5.75 Å². The molecule has 15 heavy (non-hydrogen) atoms. The molecule has 0 fully saturated rings. The highest BCUT2D eigenvalue weighted by Gasteiger charge is 2.17. The van der Waals surface area contributed by atoms with Crippen LogP contribution in [0.4, 0.5) is 4.39 Å². The fraction of sp³-hybridized carbons (Fsp3) is 0.455. The highest BCUT2D eigenvalue weighted by Crippen LogP contribution is 2.31. The summed E-state index contributed by atoms with van der Waals surface area (Å²) in [5.74, 6) is 0.0810. The minimum absolute atomic E-state index is 0.0620. The minimum atomic E-state index is -0.853. The normalized spacial score (nSPS) is 12.7. The van der Waals surface area contributed by atoms with Crippen molar-refractivity contribution in [3.05, 3.63) is 28.6 Å². The van der Waals surface area contributed by atoms with E-state index in [4.69, 9.17) is 10.5 Å². The van der Waals surface area contributed by atoms with Crippen molar-refractivity contribution in [2.24, 2.45) is 5.73 Å². The highest BCUT2D eigenvalue weighted by atomic mass is 19.1. The van der Waals surface area contributed by atoms with Gasteiger partial charge in [0.25, 0.3) is 0 Å². The Labute approximate surface area is 88.7 Å². The number of methoxy groups -OCH3 is 1. The number of hydrogen-bond donors (Lipinski definition) is 2. The first-order valence-electron chi connectivity index (χ1n) is 4.74. The molecule has 1 aromatic rings. The second-order valence-electron chi connectivity index (χ2n) is 3.48. The molecule has 3 nitrogen and oxygen atoms in total. The monoisotopic (exact) mass is 213 g/mol. The summed E-state index contributed by atoms with van der Waals surface area (Å²) in [6, 6.07) is 1.31. The lowest BCUT2D eigenvalue weighted by Crippen LogP contribution is -2.14. The first-order chi connectivity index (χ1) is 7.02. The molecule has 0 amide bonds. The van der Waals surface area contributed by atoms with Gasteiger partial charge in [-0.1, -0.05) is 0 Å². The third kappa shape index (κ3) is 2.11. The number of benzene rings is 1. The second-order valence-corrected chi connectivity index (χ2v) is 3.48. The van der Waals surface area contributed by atoms with Crippen LogP contribution in [0.2, 0.25) is 0 Å². The van der Waals surface area contributed by atoms with Crippen LogP contribution in [0, 0.1) is 19.7 Å². The van der Waals surface area contributed by atoms with Crippen molar-refractivity contribution in [2.45, 2.75) is 20.0 Å². The standard InChI is InChI=1S/C11H16FNO2/c1-6-8(10(14)5-13)4-9(12)7(2)11(6)15-3/h4,10,14H,5,13H2,1-3H3. The summed E-state index contributed by atoms with van der Waals surface area (Å²) in [6.07, 6.45) is -0.853. The first-order valence-corrected chi connectivity index (χ1v) is 4.74. The lowest BCUT2D eigenvalue weighted by atomic mass is 9.99. The molecule has 0 heterocycles. The molecular formula is C11H16FNO2. The topological polar surface area (TPSA) is 55.5 Å². The second kappa shape index (κ2) is 4.59. The smallest absolute Gasteiger partial charge is 0.130 e. The molecule has 0 saturated carbocycles. The van der Waals surface area contributed by atoms with Crippen molar-refractivity contribution in [1.82, 2.24) is 0 Å². The fourth-order valence-electron chi connectivity index (χ4n) is 1.65. The molecule has 0 aliphatic rings. The number of ether oxygens (including phenoxy) is 1. The highest BCUT2D eigenvalue weighted by molar-refractivity contribution is 5.46. The van der Waals surface area contributed by atoms with E-state index in [-0.39, 0.29) is 12.4 Å². The average molecular weight is 213 g/mol. The Hall–Kier alpha value is -1.13. The van der Waals surface area contributed by atoms with Crippen molar-refractivity contribution in [3.63, 3.8) is 0 Å². The van der Waals surface area contributed by atoms with Crippen LogP contribution < -0.4 is 10.5 Å². The summed E-state index contributed by atoms with van der Waals surface area (Å²) in [5.41, 5.74) is 7.00. The maximum absolute atomic E-state index is 13.5. The lowest BCUT2D eigenvalue weighted by molar-refractivity contribution is 0.185. The molecule has 0 aliphatic heterocycles. The summed E-state index contributed by atoms with van der Waals surface area (Å²) in [4.78, 5) is 0. The molecule has 0 aliphatic carbocycles. The van der Waals surface area contributed by atoms with Gasteiger partial charge >= 0.3 is 0 Å². The van der Waals surface area contributed by atoms with E-state index in [2.05, 4.69) is 0 Å². The maximum atomic E-state index is 13.5. The quantitative estimate of drug-likeness (QED) is 0.798. The van der Waals surface area contributed by atoms with Gasteiger partial charge in [-0.2, -0.15) is 0 Å². The Morgan fingerprint density at radius 3 is 2.53 bits per heavy atom. The van der Waals surface area contributed by atoms with Gasteiger partial charge in [-0.15, -0.1) is 0 Å². The van der Waals surface area contributed by atoms with Crippen LogP contribution in [0.1, 0.15) is 22.8 Å². The average Bonchev–Trinajstić information content (AvgIpc) is 2.23. The Morgan fingerprint density at radius 2 is 2.07 bits per heavy atom. The Bertz CT molecular complexity index is 366. The third-order valence-corrected chi connectivity index (χ3v) is 2.54. The number of halogens is 1. The van der Waals surface area contributed by atoms with Crippen molar-refractivity contribution >= 4 is 0 Å². The Kier molecular flexibility index (Phi) is 3.66. The van der Waals surface area contributed by atoms with E-state index < -0.39 is 6.10 Å². The predicted octanol–water partition coefficient (Wildman–Crippen LogP) is 1.44. The van der Waals surface area contributed by atoms with Gasteiger partial charge in [0.2, 0.25) is 0 Å². The van der Waals surface area contributed by atoms with Crippen molar-refractivity contribution in [2.75, 3.05) is 13.7 Å². The van der Waals surface area contributed by atoms with Gasteiger partial charge in [0.05, 0.1) is 13.2 Å². The molecule has 0 spiro atoms. The van der Waals surface area contributed by atoms with Crippen LogP contribution in [0.3, 0.4) is 0 Å². The van der Waals surface area contributed by atoms with E-state index in [0.717, 1.165) is 5.56 Å². The van der Waals surface area contributed by atoms with E-state index in [9.17, 15) is 9.50 Å². The third-order valence-electron chi connectivity index (χ3n) is 2.54. The van der Waals surface area contributed by atoms with Gasteiger partial charge in [0, 0.05) is 12.1 Å².